The van der Waals surface area contributed by atoms with Crippen molar-refractivity contribution in [1.82, 2.24) is 4.90 Å². The second kappa shape index (κ2) is 9.51. The van der Waals surface area contributed by atoms with Crippen molar-refractivity contribution in [2.24, 2.45) is 0 Å². The monoisotopic (exact) mass is 426 g/mol. The van der Waals surface area contributed by atoms with Gasteiger partial charge < -0.3 is 19.9 Å². The van der Waals surface area contributed by atoms with Gasteiger partial charge in [0.05, 0.1) is 7.05 Å². The van der Waals surface area contributed by atoms with Crippen molar-refractivity contribution in [2.75, 3.05) is 25.5 Å². The fraction of sp³-hybridized carbons (Fsp3) is 0.524. The average molecular weight is 426 g/mol. The standard InChI is InChI=1S/C21H26F3N3O3/c1-26(14-20(29)27(17-9-10-17)16-5-3-2-4-6-16)13-19(28)25-15-7-11-18(12-8-15)30-21(22,23)24/h5,7-8,11-12,17H,2-4,6,9-10,13-14H2,1H3,(H,25,28)/p+1. The highest BCUT2D eigenvalue weighted by molar-refractivity contribution is 5.91. The molecule has 30 heavy (non-hydrogen) atoms. The van der Waals surface area contributed by atoms with Gasteiger partial charge in [0.1, 0.15) is 5.75 Å². The van der Waals surface area contributed by atoms with E-state index < -0.39 is 6.36 Å². The topological polar surface area (TPSA) is 63.1 Å². The molecule has 0 heterocycles. The Balaban J connectivity index is 1.49. The lowest BCUT2D eigenvalue weighted by molar-refractivity contribution is -0.862. The Labute approximate surface area is 173 Å². The molecule has 6 nitrogen and oxygen atoms in total. The summed E-state index contributed by atoms with van der Waals surface area (Å²) in [5.41, 5.74) is 1.48. The zero-order valence-corrected chi connectivity index (χ0v) is 16.9. The molecular formula is C21H27F3N3O3+. The van der Waals surface area contributed by atoms with Gasteiger partial charge in [0.2, 0.25) is 0 Å². The second-order valence-electron chi connectivity index (χ2n) is 7.87. The maximum atomic E-state index is 12.9. The minimum atomic E-state index is -4.76. The average Bonchev–Trinajstić information content (AvgIpc) is 3.48. The van der Waals surface area contributed by atoms with Gasteiger partial charge in [-0.25, -0.2) is 0 Å². The van der Waals surface area contributed by atoms with Crippen LogP contribution in [0.1, 0.15) is 38.5 Å². The van der Waals surface area contributed by atoms with Crippen molar-refractivity contribution in [3.63, 3.8) is 0 Å². The molecule has 3 rings (SSSR count). The van der Waals surface area contributed by atoms with Gasteiger partial charge in [-0.3, -0.25) is 9.59 Å². The van der Waals surface area contributed by atoms with Gasteiger partial charge in [-0.05, 0) is 62.8 Å². The lowest BCUT2D eigenvalue weighted by Gasteiger charge is -2.28. The van der Waals surface area contributed by atoms with Crippen LogP contribution in [0.4, 0.5) is 18.9 Å². The number of quaternary nitrogens is 1. The molecule has 0 aromatic heterocycles. The summed E-state index contributed by atoms with van der Waals surface area (Å²) in [4.78, 5) is 27.8. The third kappa shape index (κ3) is 6.76. The number of likely N-dealkylation sites (N-methyl/N-ethyl adjacent to an activating group) is 1. The van der Waals surface area contributed by atoms with Gasteiger partial charge in [0.25, 0.3) is 11.8 Å². The molecule has 0 aliphatic heterocycles. The number of nitrogens with zero attached hydrogens (tertiary/aromatic N) is 1. The summed E-state index contributed by atoms with van der Waals surface area (Å²) in [5.74, 6) is -0.643. The van der Waals surface area contributed by atoms with Crippen molar-refractivity contribution in [2.45, 2.75) is 50.9 Å². The Kier molecular flexibility index (Phi) is 7.02. The molecule has 1 atom stereocenters. The first kappa shape index (κ1) is 22.1. The van der Waals surface area contributed by atoms with Crippen molar-refractivity contribution in [3.05, 3.63) is 36.0 Å². The van der Waals surface area contributed by atoms with E-state index in [2.05, 4.69) is 16.1 Å². The molecule has 2 aliphatic rings. The number of allylic oxidation sites excluding steroid dienone is 2. The van der Waals surface area contributed by atoms with E-state index in [0.29, 0.717) is 11.7 Å². The van der Waals surface area contributed by atoms with Crippen LogP contribution in [-0.4, -0.2) is 49.3 Å². The van der Waals surface area contributed by atoms with Gasteiger partial charge in [-0.2, -0.15) is 0 Å². The molecule has 2 amide bonds. The normalized spacial score (nSPS) is 17.7. The number of benzene rings is 1. The Hall–Kier alpha value is -2.55. The lowest BCUT2D eigenvalue weighted by atomic mass is 10.0. The zero-order valence-electron chi connectivity index (χ0n) is 16.9. The van der Waals surface area contributed by atoms with E-state index in [1.165, 1.54) is 12.1 Å². The molecule has 164 valence electrons. The van der Waals surface area contributed by atoms with Crippen LogP contribution in [0.15, 0.2) is 36.0 Å². The number of alkyl halides is 3. The molecule has 1 aromatic carbocycles. The first-order valence-corrected chi connectivity index (χ1v) is 10.2. The Morgan fingerprint density at radius 1 is 1.17 bits per heavy atom. The molecule has 1 unspecified atom stereocenters. The summed E-state index contributed by atoms with van der Waals surface area (Å²) in [6, 6.07) is 5.23. The van der Waals surface area contributed by atoms with E-state index in [0.717, 1.165) is 61.3 Å². The molecule has 0 saturated heterocycles. The van der Waals surface area contributed by atoms with Crippen LogP contribution in [-0.2, 0) is 9.59 Å². The number of amides is 2. The highest BCUT2D eigenvalue weighted by Crippen LogP contribution is 2.33. The smallest absolute Gasteiger partial charge is 0.406 e. The molecule has 2 aliphatic carbocycles. The quantitative estimate of drug-likeness (QED) is 0.672. The number of hydrogen-bond acceptors (Lipinski definition) is 3. The third-order valence-electron chi connectivity index (χ3n) is 5.04. The largest absolute Gasteiger partial charge is 0.573 e. The highest BCUT2D eigenvalue weighted by atomic mass is 19.4. The lowest BCUT2D eigenvalue weighted by Crippen LogP contribution is -3.11. The Bertz CT molecular complexity index is 789. The molecule has 1 aromatic rings. The van der Waals surface area contributed by atoms with E-state index in [4.69, 9.17) is 0 Å². The number of anilines is 1. The van der Waals surface area contributed by atoms with Gasteiger partial charge >= 0.3 is 6.36 Å². The summed E-state index contributed by atoms with van der Waals surface area (Å²) >= 11 is 0. The van der Waals surface area contributed by atoms with Crippen LogP contribution >= 0.6 is 0 Å². The van der Waals surface area contributed by atoms with Crippen LogP contribution in [0.5, 0.6) is 5.75 Å². The first-order valence-electron chi connectivity index (χ1n) is 10.2. The predicted octanol–water partition coefficient (Wildman–Crippen LogP) is 2.49. The number of carbonyl (C=O) groups is 2. The molecule has 2 N–H and O–H groups in total. The van der Waals surface area contributed by atoms with Crippen LogP contribution in [0.3, 0.4) is 0 Å². The summed E-state index contributed by atoms with van der Waals surface area (Å²) in [5, 5.41) is 2.63. The molecular weight excluding hydrogens is 399 g/mol. The van der Waals surface area contributed by atoms with E-state index in [9.17, 15) is 22.8 Å². The fourth-order valence-electron chi connectivity index (χ4n) is 3.60. The Morgan fingerprint density at radius 3 is 2.43 bits per heavy atom. The first-order chi connectivity index (χ1) is 14.2. The maximum absolute atomic E-state index is 12.9. The van der Waals surface area contributed by atoms with Crippen molar-refractivity contribution >= 4 is 17.5 Å². The summed E-state index contributed by atoms with van der Waals surface area (Å²) in [6.45, 7) is 0.281. The zero-order chi connectivity index (χ0) is 21.7. The molecule has 1 fully saturated rings. The minimum Gasteiger partial charge on any atom is -0.406 e. The Morgan fingerprint density at radius 2 is 1.87 bits per heavy atom. The molecule has 0 spiro atoms. The molecule has 0 radical (unpaired) electrons. The molecule has 9 heteroatoms. The number of hydrogen-bond donors (Lipinski definition) is 2. The fourth-order valence-corrected chi connectivity index (χ4v) is 3.60. The number of halogens is 3. The number of rotatable bonds is 8. The summed E-state index contributed by atoms with van der Waals surface area (Å²) in [7, 11) is 1.78. The van der Waals surface area contributed by atoms with E-state index in [1.807, 2.05) is 4.90 Å². The van der Waals surface area contributed by atoms with Gasteiger partial charge in [-0.1, -0.05) is 6.08 Å². The van der Waals surface area contributed by atoms with Crippen LogP contribution < -0.4 is 15.0 Å². The van der Waals surface area contributed by atoms with Gasteiger partial charge in [0, 0.05) is 17.4 Å². The summed E-state index contributed by atoms with van der Waals surface area (Å²) in [6.07, 6.45) is 3.64. The number of nitrogens with one attached hydrogen (secondary N) is 2. The van der Waals surface area contributed by atoms with Crippen molar-refractivity contribution in [3.8, 4) is 5.75 Å². The molecule has 0 bridgehead atoms. The minimum absolute atomic E-state index is 0.0320. The highest BCUT2D eigenvalue weighted by Gasteiger charge is 2.36. The SMILES string of the molecule is C[NH+](CC(=O)Nc1ccc(OC(F)(F)F)cc1)CC(=O)N(C1=CCCCC1)C1CC1. The van der Waals surface area contributed by atoms with Crippen molar-refractivity contribution < 1.29 is 32.4 Å². The van der Waals surface area contributed by atoms with Crippen LogP contribution in [0.2, 0.25) is 0 Å². The van der Waals surface area contributed by atoms with E-state index in [-0.39, 0.29) is 30.7 Å². The van der Waals surface area contributed by atoms with Crippen molar-refractivity contribution in [1.29, 1.82) is 0 Å². The van der Waals surface area contributed by atoms with Crippen LogP contribution in [0.25, 0.3) is 0 Å². The van der Waals surface area contributed by atoms with Gasteiger partial charge in [-0.15, -0.1) is 13.2 Å². The summed E-state index contributed by atoms with van der Waals surface area (Å²) < 4.78 is 40.4. The number of ether oxygens (including phenoxy) is 1. The van der Waals surface area contributed by atoms with E-state index in [1.54, 1.807) is 7.05 Å². The second-order valence-corrected chi connectivity index (χ2v) is 7.87. The van der Waals surface area contributed by atoms with E-state index >= 15 is 0 Å². The predicted molar refractivity (Wildman–Crippen MR) is 105 cm³/mol. The van der Waals surface area contributed by atoms with Crippen LogP contribution in [0, 0.1) is 0 Å². The maximum Gasteiger partial charge on any atom is 0.573 e. The third-order valence-corrected chi connectivity index (χ3v) is 5.04. The number of carbonyl (C=O) groups excluding carboxylic acids is 2. The van der Waals surface area contributed by atoms with Gasteiger partial charge in [0.15, 0.2) is 13.1 Å². The molecule has 1 saturated carbocycles.